The molecule has 3 nitrogen and oxygen atoms in total. The first kappa shape index (κ1) is 14.9. The van der Waals surface area contributed by atoms with Crippen molar-refractivity contribution in [2.75, 3.05) is 6.61 Å². The standard InChI is InChI=1S/C17H16ClFNO2/c1-17(2)9-12(15-5-3-4-6-20(15)21)11-7-14(19)13(18)8-16(11)22-10-17/h3-9,21H,10H2,1-2H3/q+1. The first-order valence-corrected chi connectivity index (χ1v) is 7.30. The van der Waals surface area contributed by atoms with E-state index in [1.165, 1.54) is 18.3 Å². The van der Waals surface area contributed by atoms with Crippen LogP contribution in [0.1, 0.15) is 25.1 Å². The Kier molecular flexibility index (Phi) is 3.57. The molecule has 1 N–H and O–H groups in total. The van der Waals surface area contributed by atoms with E-state index in [4.69, 9.17) is 16.3 Å². The number of rotatable bonds is 1. The zero-order valence-corrected chi connectivity index (χ0v) is 13.1. The normalized spacial score (nSPS) is 16.3. The molecular formula is C17H16ClFNO2+. The minimum absolute atomic E-state index is 0.0164. The Bertz CT molecular complexity index is 771. The summed E-state index contributed by atoms with van der Waals surface area (Å²) in [5.41, 5.74) is 1.56. The van der Waals surface area contributed by atoms with Gasteiger partial charge in [0.2, 0.25) is 6.20 Å². The average Bonchev–Trinajstić information content (AvgIpc) is 2.58. The molecule has 1 aliphatic rings. The van der Waals surface area contributed by atoms with Gasteiger partial charge in [-0.1, -0.05) is 31.5 Å². The van der Waals surface area contributed by atoms with Crippen LogP contribution >= 0.6 is 11.6 Å². The van der Waals surface area contributed by atoms with Gasteiger partial charge in [-0.25, -0.2) is 4.39 Å². The maximum Gasteiger partial charge on any atom is 0.264 e. The lowest BCUT2D eigenvalue weighted by Crippen LogP contribution is -2.34. The highest BCUT2D eigenvalue weighted by Crippen LogP contribution is 2.39. The van der Waals surface area contributed by atoms with Crippen molar-refractivity contribution in [3.05, 3.63) is 64.7 Å². The third-order valence-electron chi connectivity index (χ3n) is 3.56. The Labute approximate surface area is 133 Å². The number of hydrogen-bond donors (Lipinski definition) is 1. The number of nitrogens with zero attached hydrogens (tertiary/aromatic N) is 1. The monoisotopic (exact) mass is 320 g/mol. The van der Waals surface area contributed by atoms with Crippen LogP contribution in [-0.2, 0) is 0 Å². The van der Waals surface area contributed by atoms with Crippen molar-refractivity contribution in [2.45, 2.75) is 13.8 Å². The zero-order chi connectivity index (χ0) is 15.9. The first-order chi connectivity index (χ1) is 10.4. The number of aromatic nitrogens is 1. The molecule has 2 heterocycles. The van der Waals surface area contributed by atoms with E-state index < -0.39 is 5.82 Å². The fourth-order valence-corrected chi connectivity index (χ4v) is 2.65. The molecule has 2 aromatic rings. The van der Waals surface area contributed by atoms with E-state index in [2.05, 4.69) is 0 Å². The summed E-state index contributed by atoms with van der Waals surface area (Å²) in [5.74, 6) is -0.0119. The minimum atomic E-state index is -0.518. The van der Waals surface area contributed by atoms with Crippen LogP contribution in [0.25, 0.3) is 5.57 Å². The minimum Gasteiger partial charge on any atom is -0.492 e. The Balaban J connectivity index is 2.28. The fourth-order valence-electron chi connectivity index (χ4n) is 2.49. The summed E-state index contributed by atoms with van der Waals surface area (Å²) in [5, 5.41) is 10.1. The van der Waals surface area contributed by atoms with Gasteiger partial charge in [-0.15, -0.1) is 0 Å². The van der Waals surface area contributed by atoms with Crippen LogP contribution in [-0.4, -0.2) is 11.8 Å². The van der Waals surface area contributed by atoms with Gasteiger partial charge >= 0.3 is 0 Å². The number of pyridine rings is 1. The third kappa shape index (κ3) is 2.66. The van der Waals surface area contributed by atoms with Gasteiger partial charge in [0.15, 0.2) is 0 Å². The highest BCUT2D eigenvalue weighted by atomic mass is 35.5. The Hall–Kier alpha value is -2.07. The number of halogens is 2. The number of fused-ring (bicyclic) bond motifs is 1. The van der Waals surface area contributed by atoms with E-state index in [1.807, 2.05) is 26.0 Å². The summed E-state index contributed by atoms with van der Waals surface area (Å²) in [4.78, 5) is 0. The molecule has 1 aromatic heterocycles. The molecule has 1 aliphatic heterocycles. The van der Waals surface area contributed by atoms with Gasteiger partial charge in [-0.05, 0) is 12.1 Å². The van der Waals surface area contributed by atoms with Crippen molar-refractivity contribution in [3.8, 4) is 5.75 Å². The Morgan fingerprint density at radius 3 is 2.82 bits per heavy atom. The van der Waals surface area contributed by atoms with Gasteiger partial charge < -0.3 is 4.74 Å². The smallest absolute Gasteiger partial charge is 0.264 e. The maximum atomic E-state index is 13.9. The predicted molar refractivity (Wildman–Crippen MR) is 81.6 cm³/mol. The Morgan fingerprint density at radius 1 is 1.32 bits per heavy atom. The van der Waals surface area contributed by atoms with E-state index >= 15 is 0 Å². The van der Waals surface area contributed by atoms with E-state index in [-0.39, 0.29) is 10.4 Å². The van der Waals surface area contributed by atoms with Gasteiger partial charge in [0.1, 0.15) is 11.6 Å². The SMILES string of the molecule is CC1(C)C=C(c2cccc[n+]2O)c2cc(F)c(Cl)cc2OC1. The first-order valence-electron chi connectivity index (χ1n) is 6.93. The Morgan fingerprint density at radius 2 is 2.09 bits per heavy atom. The van der Waals surface area contributed by atoms with E-state index in [9.17, 15) is 9.60 Å². The molecule has 0 saturated carbocycles. The van der Waals surface area contributed by atoms with E-state index in [0.29, 0.717) is 29.2 Å². The number of ether oxygens (including phenoxy) is 1. The third-order valence-corrected chi connectivity index (χ3v) is 3.85. The van der Waals surface area contributed by atoms with Crippen molar-refractivity contribution in [1.82, 2.24) is 0 Å². The van der Waals surface area contributed by atoms with Crippen molar-refractivity contribution >= 4 is 17.2 Å². The van der Waals surface area contributed by atoms with Crippen molar-refractivity contribution in [1.29, 1.82) is 0 Å². The van der Waals surface area contributed by atoms with Gasteiger partial charge in [-0.3, -0.25) is 5.21 Å². The lowest BCUT2D eigenvalue weighted by Gasteiger charge is -2.18. The molecule has 0 aliphatic carbocycles. The molecule has 22 heavy (non-hydrogen) atoms. The molecule has 0 bridgehead atoms. The number of benzene rings is 1. The topological polar surface area (TPSA) is 33.3 Å². The molecule has 5 heteroatoms. The lowest BCUT2D eigenvalue weighted by atomic mass is 9.89. The van der Waals surface area contributed by atoms with Crippen LogP contribution in [0.2, 0.25) is 5.02 Å². The van der Waals surface area contributed by atoms with E-state index in [1.54, 1.807) is 12.1 Å². The predicted octanol–water partition coefficient (Wildman–Crippen LogP) is 3.85. The summed E-state index contributed by atoms with van der Waals surface area (Å²) in [6, 6.07) is 8.12. The highest BCUT2D eigenvalue weighted by molar-refractivity contribution is 6.31. The quantitative estimate of drug-likeness (QED) is 0.639. The van der Waals surface area contributed by atoms with Crippen molar-refractivity contribution in [3.63, 3.8) is 0 Å². The molecule has 0 spiro atoms. The van der Waals surface area contributed by atoms with Gasteiger partial charge in [0.25, 0.3) is 5.69 Å². The summed E-state index contributed by atoms with van der Waals surface area (Å²) in [6.07, 6.45) is 3.51. The fraction of sp³-hybridized carbons (Fsp3) is 0.235. The average molecular weight is 321 g/mol. The molecule has 1 aromatic carbocycles. The lowest BCUT2D eigenvalue weighted by molar-refractivity contribution is -0.906. The van der Waals surface area contributed by atoms with Gasteiger partial charge in [0, 0.05) is 33.9 Å². The maximum absolute atomic E-state index is 13.9. The summed E-state index contributed by atoms with van der Waals surface area (Å²) < 4.78 is 20.8. The molecule has 3 rings (SSSR count). The molecule has 0 radical (unpaired) electrons. The van der Waals surface area contributed by atoms with E-state index in [0.717, 1.165) is 4.73 Å². The van der Waals surface area contributed by atoms with Gasteiger partial charge in [-0.2, -0.15) is 0 Å². The van der Waals surface area contributed by atoms with Crippen molar-refractivity contribution < 1.29 is 19.1 Å². The van der Waals surface area contributed by atoms with Crippen LogP contribution < -0.4 is 9.47 Å². The molecule has 0 atom stereocenters. The second-order valence-electron chi connectivity index (χ2n) is 6.03. The molecule has 0 amide bonds. The largest absolute Gasteiger partial charge is 0.492 e. The van der Waals surface area contributed by atoms with Gasteiger partial charge in [0.05, 0.1) is 17.2 Å². The molecule has 0 saturated heterocycles. The van der Waals surface area contributed by atoms with Crippen LogP contribution in [0.15, 0.2) is 42.6 Å². The second-order valence-corrected chi connectivity index (χ2v) is 6.44. The molecule has 0 fully saturated rings. The van der Waals surface area contributed by atoms with Crippen LogP contribution in [0, 0.1) is 11.2 Å². The van der Waals surface area contributed by atoms with Crippen LogP contribution in [0.4, 0.5) is 4.39 Å². The molecule has 0 unspecified atom stereocenters. The van der Waals surface area contributed by atoms with Crippen LogP contribution in [0.3, 0.4) is 0 Å². The summed E-state index contributed by atoms with van der Waals surface area (Å²) in [6.45, 7) is 4.47. The van der Waals surface area contributed by atoms with Crippen LogP contribution in [0.5, 0.6) is 5.75 Å². The highest BCUT2D eigenvalue weighted by Gasteiger charge is 2.29. The molecular weight excluding hydrogens is 305 g/mol. The molecule has 114 valence electrons. The summed E-state index contributed by atoms with van der Waals surface area (Å²) in [7, 11) is 0. The zero-order valence-electron chi connectivity index (χ0n) is 12.3. The van der Waals surface area contributed by atoms with Crippen molar-refractivity contribution in [2.24, 2.45) is 5.41 Å². The summed E-state index contributed by atoms with van der Waals surface area (Å²) >= 11 is 5.87. The second kappa shape index (κ2) is 5.29. The number of hydrogen-bond acceptors (Lipinski definition) is 2.